The Bertz CT molecular complexity index is 1180. The summed E-state index contributed by atoms with van der Waals surface area (Å²) < 4.78 is 12.7. The molecule has 0 aliphatic carbocycles. The Kier molecular flexibility index (Phi) is 7.10. The third kappa shape index (κ3) is 5.24. The molecule has 0 aliphatic heterocycles. The molecule has 3 aromatic rings. The molecule has 0 spiro atoms. The third-order valence-corrected chi connectivity index (χ3v) is 5.15. The highest BCUT2D eigenvalue weighted by Gasteiger charge is 2.15. The van der Waals surface area contributed by atoms with Crippen molar-refractivity contribution in [2.24, 2.45) is 7.05 Å². The standard InChI is InChI=1S/C25H27N3O4/c1-16-8-6-7-9-20(16)26-24(30)15-32-22-13-11-19(14-23(22)31-5)10-12-21(29)25-17(2)27-28(4)18(25)3/h6-14H,15H2,1-5H3,(H,26,30)/b12-10+. The molecule has 0 atom stereocenters. The molecule has 0 unspecified atom stereocenters. The van der Waals surface area contributed by atoms with E-state index in [2.05, 4.69) is 10.4 Å². The van der Waals surface area contributed by atoms with E-state index in [0.717, 1.165) is 22.5 Å². The largest absolute Gasteiger partial charge is 0.493 e. The number of aromatic nitrogens is 2. The lowest BCUT2D eigenvalue weighted by molar-refractivity contribution is -0.118. The number of rotatable bonds is 8. The number of carbonyl (C=O) groups is 2. The maximum absolute atomic E-state index is 12.6. The van der Waals surface area contributed by atoms with Gasteiger partial charge in [0, 0.05) is 18.4 Å². The van der Waals surface area contributed by atoms with Gasteiger partial charge in [0.25, 0.3) is 5.91 Å². The fraction of sp³-hybridized carbons (Fsp3) is 0.240. The van der Waals surface area contributed by atoms with E-state index in [4.69, 9.17) is 9.47 Å². The molecule has 7 nitrogen and oxygen atoms in total. The van der Waals surface area contributed by atoms with Gasteiger partial charge in [-0.1, -0.05) is 30.3 Å². The number of anilines is 1. The molecule has 1 N–H and O–H groups in total. The molecular formula is C25H27N3O4. The summed E-state index contributed by atoms with van der Waals surface area (Å²) in [7, 11) is 3.34. The molecule has 2 aromatic carbocycles. The minimum Gasteiger partial charge on any atom is -0.493 e. The van der Waals surface area contributed by atoms with Crippen LogP contribution in [0.15, 0.2) is 48.5 Å². The molecular weight excluding hydrogens is 406 g/mol. The fourth-order valence-corrected chi connectivity index (χ4v) is 3.34. The first kappa shape index (κ1) is 22.8. The predicted molar refractivity (Wildman–Crippen MR) is 124 cm³/mol. The van der Waals surface area contributed by atoms with Crippen LogP contribution in [0.4, 0.5) is 5.69 Å². The van der Waals surface area contributed by atoms with Crippen LogP contribution in [-0.4, -0.2) is 35.2 Å². The van der Waals surface area contributed by atoms with Crippen molar-refractivity contribution in [1.82, 2.24) is 9.78 Å². The van der Waals surface area contributed by atoms with Gasteiger partial charge in [-0.2, -0.15) is 5.10 Å². The van der Waals surface area contributed by atoms with Gasteiger partial charge in [0.15, 0.2) is 23.9 Å². The van der Waals surface area contributed by atoms with E-state index in [1.54, 1.807) is 29.0 Å². The lowest BCUT2D eigenvalue weighted by Crippen LogP contribution is -2.20. The average molecular weight is 434 g/mol. The molecule has 0 fully saturated rings. The molecule has 1 amide bonds. The van der Waals surface area contributed by atoms with Crippen molar-refractivity contribution < 1.29 is 19.1 Å². The summed E-state index contributed by atoms with van der Waals surface area (Å²) in [6.45, 7) is 5.45. The molecule has 0 radical (unpaired) electrons. The number of benzene rings is 2. The van der Waals surface area contributed by atoms with Crippen LogP contribution in [0.2, 0.25) is 0 Å². The normalized spacial score (nSPS) is 10.9. The Morgan fingerprint density at radius 2 is 1.84 bits per heavy atom. The van der Waals surface area contributed by atoms with Crippen LogP contribution in [0.5, 0.6) is 11.5 Å². The molecule has 0 saturated carbocycles. The first-order valence-electron chi connectivity index (χ1n) is 10.2. The number of hydrogen-bond acceptors (Lipinski definition) is 5. The van der Waals surface area contributed by atoms with Crippen LogP contribution in [0.25, 0.3) is 6.08 Å². The smallest absolute Gasteiger partial charge is 0.262 e. The van der Waals surface area contributed by atoms with Gasteiger partial charge >= 0.3 is 0 Å². The van der Waals surface area contributed by atoms with Gasteiger partial charge in [-0.3, -0.25) is 14.3 Å². The Balaban J connectivity index is 1.66. The van der Waals surface area contributed by atoms with Crippen molar-refractivity contribution in [3.8, 4) is 11.5 Å². The molecule has 166 valence electrons. The SMILES string of the molecule is COc1cc(/C=C/C(=O)c2c(C)nn(C)c2C)ccc1OCC(=O)Nc1ccccc1C. The summed E-state index contributed by atoms with van der Waals surface area (Å²) >= 11 is 0. The highest BCUT2D eigenvalue weighted by molar-refractivity contribution is 6.08. The van der Waals surface area contributed by atoms with Crippen LogP contribution >= 0.6 is 0 Å². The van der Waals surface area contributed by atoms with E-state index < -0.39 is 0 Å². The number of methoxy groups -OCH3 is 1. The molecule has 7 heteroatoms. The molecule has 0 bridgehead atoms. The van der Waals surface area contributed by atoms with E-state index in [9.17, 15) is 9.59 Å². The number of allylic oxidation sites excluding steroid dienone is 1. The number of carbonyl (C=O) groups excluding carboxylic acids is 2. The predicted octanol–water partition coefficient (Wildman–Crippen LogP) is 4.27. The van der Waals surface area contributed by atoms with Crippen molar-refractivity contribution in [2.45, 2.75) is 20.8 Å². The Morgan fingerprint density at radius 3 is 2.50 bits per heavy atom. The van der Waals surface area contributed by atoms with E-state index in [1.807, 2.05) is 52.1 Å². The molecule has 0 saturated heterocycles. The third-order valence-electron chi connectivity index (χ3n) is 5.15. The number of ether oxygens (including phenoxy) is 2. The zero-order valence-electron chi connectivity index (χ0n) is 18.9. The number of amides is 1. The van der Waals surface area contributed by atoms with Crippen molar-refractivity contribution in [3.05, 3.63) is 76.6 Å². The first-order chi connectivity index (χ1) is 15.3. The number of hydrogen-bond donors (Lipinski definition) is 1. The molecule has 32 heavy (non-hydrogen) atoms. The lowest BCUT2D eigenvalue weighted by Gasteiger charge is -2.12. The van der Waals surface area contributed by atoms with Gasteiger partial charge in [-0.25, -0.2) is 0 Å². The number of aryl methyl sites for hydroxylation is 3. The molecule has 0 aliphatic rings. The second kappa shape index (κ2) is 9.96. The second-order valence-electron chi connectivity index (χ2n) is 7.43. The minimum absolute atomic E-state index is 0.111. The van der Waals surface area contributed by atoms with Crippen molar-refractivity contribution in [1.29, 1.82) is 0 Å². The van der Waals surface area contributed by atoms with E-state index >= 15 is 0 Å². The summed E-state index contributed by atoms with van der Waals surface area (Å²) in [4.78, 5) is 24.8. The number of ketones is 1. The highest BCUT2D eigenvalue weighted by Crippen LogP contribution is 2.29. The van der Waals surface area contributed by atoms with E-state index in [0.29, 0.717) is 22.8 Å². The maximum atomic E-state index is 12.6. The van der Waals surface area contributed by atoms with Crippen LogP contribution in [0, 0.1) is 20.8 Å². The van der Waals surface area contributed by atoms with Gasteiger partial charge in [-0.05, 0) is 56.2 Å². The van der Waals surface area contributed by atoms with Gasteiger partial charge < -0.3 is 14.8 Å². The maximum Gasteiger partial charge on any atom is 0.262 e. The minimum atomic E-state index is -0.266. The van der Waals surface area contributed by atoms with Gasteiger partial charge in [0.1, 0.15) is 0 Å². The lowest BCUT2D eigenvalue weighted by atomic mass is 10.1. The highest BCUT2D eigenvalue weighted by atomic mass is 16.5. The van der Waals surface area contributed by atoms with Crippen molar-refractivity contribution in [3.63, 3.8) is 0 Å². The Labute approximate surface area is 187 Å². The van der Waals surface area contributed by atoms with Crippen LogP contribution < -0.4 is 14.8 Å². The van der Waals surface area contributed by atoms with Crippen LogP contribution in [0.3, 0.4) is 0 Å². The number of nitrogens with zero attached hydrogens (tertiary/aromatic N) is 2. The summed E-state index contributed by atoms with van der Waals surface area (Å²) in [5.74, 6) is 0.533. The van der Waals surface area contributed by atoms with Crippen molar-refractivity contribution in [2.75, 3.05) is 19.0 Å². The zero-order chi connectivity index (χ0) is 23.3. The fourth-order valence-electron chi connectivity index (χ4n) is 3.34. The van der Waals surface area contributed by atoms with Gasteiger partial charge in [-0.15, -0.1) is 0 Å². The van der Waals surface area contributed by atoms with E-state index in [-0.39, 0.29) is 18.3 Å². The molecule has 3 rings (SSSR count). The Morgan fingerprint density at radius 1 is 1.09 bits per heavy atom. The summed E-state index contributed by atoms with van der Waals surface area (Å²) in [6.07, 6.45) is 3.23. The Hall–Kier alpha value is -3.87. The number of nitrogens with one attached hydrogen (secondary N) is 1. The topological polar surface area (TPSA) is 82.4 Å². The second-order valence-corrected chi connectivity index (χ2v) is 7.43. The van der Waals surface area contributed by atoms with Crippen LogP contribution in [-0.2, 0) is 11.8 Å². The average Bonchev–Trinajstić information content (AvgIpc) is 3.03. The molecule has 1 heterocycles. The summed E-state index contributed by atoms with van der Waals surface area (Å²) in [6, 6.07) is 12.8. The van der Waals surface area contributed by atoms with E-state index in [1.165, 1.54) is 13.2 Å². The van der Waals surface area contributed by atoms with Crippen LogP contribution in [0.1, 0.15) is 32.9 Å². The zero-order valence-corrected chi connectivity index (χ0v) is 18.9. The summed E-state index contributed by atoms with van der Waals surface area (Å²) in [5.41, 5.74) is 4.62. The number of para-hydroxylation sites is 1. The molecule has 1 aromatic heterocycles. The van der Waals surface area contributed by atoms with Gasteiger partial charge in [0.2, 0.25) is 0 Å². The summed E-state index contributed by atoms with van der Waals surface area (Å²) in [5, 5.41) is 7.11. The first-order valence-corrected chi connectivity index (χ1v) is 10.2. The van der Waals surface area contributed by atoms with Crippen molar-refractivity contribution >= 4 is 23.5 Å². The van der Waals surface area contributed by atoms with Gasteiger partial charge in [0.05, 0.1) is 18.4 Å². The monoisotopic (exact) mass is 433 g/mol. The quantitative estimate of drug-likeness (QED) is 0.424.